The first kappa shape index (κ1) is 17.9. The number of para-hydroxylation sites is 1. The lowest BCUT2D eigenvalue weighted by Gasteiger charge is -2.38. The van der Waals surface area contributed by atoms with Crippen LogP contribution < -0.4 is 5.32 Å². The minimum Gasteiger partial charge on any atom is -0.374 e. The molecule has 1 aromatic heterocycles. The lowest BCUT2D eigenvalue weighted by molar-refractivity contribution is -0.384. The topological polar surface area (TPSA) is 90.1 Å². The van der Waals surface area contributed by atoms with E-state index in [1.807, 2.05) is 48.9 Å². The molecule has 0 radical (unpaired) electrons. The fourth-order valence-electron chi connectivity index (χ4n) is 3.69. The largest absolute Gasteiger partial charge is 0.374 e. The maximum atomic E-state index is 13.2. The number of nitrogens with zero attached hydrogens (tertiary/aromatic N) is 3. The average Bonchev–Trinajstić information content (AvgIpc) is 3.09. The van der Waals surface area contributed by atoms with E-state index in [-0.39, 0.29) is 16.9 Å². The molecule has 0 saturated heterocycles. The van der Waals surface area contributed by atoms with Crippen LogP contribution >= 0.6 is 0 Å². The summed E-state index contributed by atoms with van der Waals surface area (Å²) < 4.78 is 1.83. The third-order valence-corrected chi connectivity index (χ3v) is 5.19. The predicted molar refractivity (Wildman–Crippen MR) is 106 cm³/mol. The van der Waals surface area contributed by atoms with Crippen molar-refractivity contribution < 1.29 is 9.72 Å². The van der Waals surface area contributed by atoms with Crippen LogP contribution in [0.15, 0.2) is 60.8 Å². The number of ketones is 1. The highest BCUT2D eigenvalue weighted by Gasteiger charge is 2.43. The zero-order valence-corrected chi connectivity index (χ0v) is 15.6. The summed E-state index contributed by atoms with van der Waals surface area (Å²) in [5.41, 5.74) is 2.78. The number of nitrogens with one attached hydrogen (secondary N) is 1. The molecule has 0 amide bonds. The van der Waals surface area contributed by atoms with E-state index in [9.17, 15) is 14.9 Å². The Morgan fingerprint density at radius 1 is 1.14 bits per heavy atom. The fraction of sp³-hybridized carbons (Fsp3) is 0.238. The zero-order valence-electron chi connectivity index (χ0n) is 15.6. The number of hydrogen-bond donors (Lipinski definition) is 1. The second-order valence-corrected chi connectivity index (χ2v) is 7.66. The number of benzene rings is 2. The molecule has 0 saturated carbocycles. The van der Waals surface area contributed by atoms with Crippen LogP contribution in [0.2, 0.25) is 0 Å². The van der Waals surface area contributed by atoms with Crippen LogP contribution in [0.1, 0.15) is 29.9 Å². The summed E-state index contributed by atoms with van der Waals surface area (Å²) in [5.74, 6) is -0.0215. The number of nitro benzene ring substituents is 1. The van der Waals surface area contributed by atoms with E-state index in [1.165, 1.54) is 12.1 Å². The molecule has 0 spiro atoms. The summed E-state index contributed by atoms with van der Waals surface area (Å²) in [6.07, 6.45) is 2.30. The monoisotopic (exact) mass is 376 g/mol. The van der Waals surface area contributed by atoms with Crippen molar-refractivity contribution in [3.63, 3.8) is 0 Å². The molecule has 0 bridgehead atoms. The van der Waals surface area contributed by atoms with E-state index in [0.29, 0.717) is 17.7 Å². The second-order valence-electron chi connectivity index (χ2n) is 7.66. The quantitative estimate of drug-likeness (QED) is 0.548. The third kappa shape index (κ3) is 3.05. The van der Waals surface area contributed by atoms with Gasteiger partial charge in [-0.2, -0.15) is 5.10 Å². The van der Waals surface area contributed by atoms with Gasteiger partial charge in [0.15, 0.2) is 5.78 Å². The van der Waals surface area contributed by atoms with Crippen LogP contribution in [0.3, 0.4) is 0 Å². The van der Waals surface area contributed by atoms with Crippen LogP contribution in [0, 0.1) is 15.5 Å². The van der Waals surface area contributed by atoms with Crippen LogP contribution in [0.4, 0.5) is 11.4 Å². The van der Waals surface area contributed by atoms with Gasteiger partial charge in [-0.05, 0) is 36.1 Å². The fourth-order valence-corrected chi connectivity index (χ4v) is 3.69. The minimum absolute atomic E-state index is 0.0196. The summed E-state index contributed by atoms with van der Waals surface area (Å²) in [4.78, 5) is 23.6. The van der Waals surface area contributed by atoms with Crippen LogP contribution in [-0.2, 0) is 6.42 Å². The van der Waals surface area contributed by atoms with Crippen molar-refractivity contribution in [1.82, 2.24) is 9.78 Å². The summed E-state index contributed by atoms with van der Waals surface area (Å²) in [7, 11) is 0. The van der Waals surface area contributed by atoms with Gasteiger partial charge in [0.2, 0.25) is 0 Å². The van der Waals surface area contributed by atoms with Gasteiger partial charge in [-0.15, -0.1) is 0 Å². The molecule has 1 atom stereocenters. The highest BCUT2D eigenvalue weighted by Crippen LogP contribution is 2.37. The Kier molecular flexibility index (Phi) is 4.22. The first-order valence-electron chi connectivity index (χ1n) is 9.04. The van der Waals surface area contributed by atoms with Gasteiger partial charge in [-0.25, -0.2) is 4.68 Å². The highest BCUT2D eigenvalue weighted by molar-refractivity contribution is 6.04. The zero-order chi connectivity index (χ0) is 19.9. The Morgan fingerprint density at radius 2 is 1.82 bits per heavy atom. The summed E-state index contributed by atoms with van der Waals surface area (Å²) >= 11 is 0. The summed E-state index contributed by atoms with van der Waals surface area (Å²) in [6, 6.07) is 15.4. The van der Waals surface area contributed by atoms with E-state index in [4.69, 9.17) is 0 Å². The SMILES string of the molecule is CC1(C)Cc2c(cnn2-c2ccccc2)C(=O)C1Nc1ccc([N+](=O)[O-])cc1. The first-order valence-corrected chi connectivity index (χ1v) is 9.04. The number of non-ortho nitro benzene ring substituents is 1. The van der Waals surface area contributed by atoms with Gasteiger partial charge in [-0.3, -0.25) is 14.9 Å². The number of fused-ring (bicyclic) bond motifs is 1. The molecule has 4 rings (SSSR count). The molecular weight excluding hydrogens is 356 g/mol. The second kappa shape index (κ2) is 6.60. The molecule has 1 aliphatic rings. The normalized spacial score (nSPS) is 17.8. The number of nitro groups is 1. The third-order valence-electron chi connectivity index (χ3n) is 5.19. The molecule has 1 N–H and O–H groups in total. The number of aromatic nitrogens is 2. The van der Waals surface area contributed by atoms with Crippen molar-refractivity contribution in [2.24, 2.45) is 5.41 Å². The molecule has 2 aromatic carbocycles. The Bertz CT molecular complexity index is 1040. The Labute approximate surface area is 162 Å². The van der Waals surface area contributed by atoms with E-state index < -0.39 is 11.0 Å². The van der Waals surface area contributed by atoms with Gasteiger partial charge in [0.1, 0.15) is 0 Å². The van der Waals surface area contributed by atoms with Gasteiger partial charge >= 0.3 is 0 Å². The van der Waals surface area contributed by atoms with Crippen molar-refractivity contribution in [1.29, 1.82) is 0 Å². The van der Waals surface area contributed by atoms with Gasteiger partial charge in [0.25, 0.3) is 5.69 Å². The van der Waals surface area contributed by atoms with E-state index >= 15 is 0 Å². The van der Waals surface area contributed by atoms with Gasteiger partial charge in [-0.1, -0.05) is 32.0 Å². The van der Waals surface area contributed by atoms with E-state index in [1.54, 1.807) is 18.3 Å². The Balaban J connectivity index is 1.66. The molecule has 1 heterocycles. The molecule has 1 unspecified atom stereocenters. The minimum atomic E-state index is -0.449. The van der Waals surface area contributed by atoms with E-state index in [0.717, 1.165) is 11.4 Å². The van der Waals surface area contributed by atoms with Crippen LogP contribution in [0.25, 0.3) is 5.69 Å². The number of Topliss-reactive ketones (excluding diaryl/α,β-unsaturated/α-hetero) is 1. The first-order chi connectivity index (χ1) is 13.4. The molecule has 142 valence electrons. The lowest BCUT2D eigenvalue weighted by Crippen LogP contribution is -2.48. The van der Waals surface area contributed by atoms with Gasteiger partial charge in [0.05, 0.1) is 34.1 Å². The number of carbonyl (C=O) groups excluding carboxylic acids is 1. The maximum absolute atomic E-state index is 13.2. The number of anilines is 1. The number of hydrogen-bond acceptors (Lipinski definition) is 5. The van der Waals surface area contributed by atoms with Crippen molar-refractivity contribution in [3.05, 3.63) is 82.2 Å². The van der Waals surface area contributed by atoms with Crippen molar-refractivity contribution in [2.75, 3.05) is 5.32 Å². The molecule has 0 aliphatic heterocycles. The van der Waals surface area contributed by atoms with Crippen molar-refractivity contribution in [2.45, 2.75) is 26.3 Å². The molecular formula is C21H20N4O3. The molecule has 0 fully saturated rings. The Morgan fingerprint density at radius 3 is 2.46 bits per heavy atom. The van der Waals surface area contributed by atoms with Gasteiger partial charge in [0, 0.05) is 17.8 Å². The van der Waals surface area contributed by atoms with Crippen LogP contribution in [0.5, 0.6) is 0 Å². The molecule has 7 heteroatoms. The van der Waals surface area contributed by atoms with Crippen molar-refractivity contribution in [3.8, 4) is 5.69 Å². The molecule has 28 heavy (non-hydrogen) atoms. The molecule has 7 nitrogen and oxygen atoms in total. The number of carbonyl (C=O) groups is 1. The van der Waals surface area contributed by atoms with Crippen molar-refractivity contribution >= 4 is 17.2 Å². The summed E-state index contributed by atoms with van der Waals surface area (Å²) in [6.45, 7) is 4.08. The maximum Gasteiger partial charge on any atom is 0.269 e. The Hall–Kier alpha value is -3.48. The van der Waals surface area contributed by atoms with E-state index in [2.05, 4.69) is 10.4 Å². The molecule has 3 aromatic rings. The molecule has 1 aliphatic carbocycles. The smallest absolute Gasteiger partial charge is 0.269 e. The average molecular weight is 376 g/mol. The number of rotatable bonds is 4. The highest BCUT2D eigenvalue weighted by atomic mass is 16.6. The predicted octanol–water partition coefficient (Wildman–Crippen LogP) is 4.03. The lowest BCUT2D eigenvalue weighted by atomic mass is 9.72. The standard InChI is InChI=1S/C21H20N4O3/c1-21(2)12-18-17(13-22-24(18)15-6-4-3-5-7-15)19(26)20(21)23-14-8-10-16(11-9-14)25(27)28/h3-11,13,20,23H,12H2,1-2H3. The van der Waals surface area contributed by atoms with Gasteiger partial charge < -0.3 is 5.32 Å². The summed E-state index contributed by atoms with van der Waals surface area (Å²) in [5, 5.41) is 18.6. The van der Waals surface area contributed by atoms with Crippen LogP contribution in [-0.4, -0.2) is 26.5 Å².